The average molecular weight is 989 g/mol. The molecule has 6 heteroatoms. The van der Waals surface area contributed by atoms with Crippen molar-refractivity contribution in [1.29, 1.82) is 0 Å². The van der Waals surface area contributed by atoms with Gasteiger partial charge < -0.3 is 20.3 Å². The number of amides is 1. The van der Waals surface area contributed by atoms with Crippen LogP contribution in [0.4, 0.5) is 0 Å². The molecule has 2 unspecified atom stereocenters. The topological polar surface area (TPSA) is 95.9 Å². The molecule has 416 valence electrons. The number of aliphatic hydroxyl groups is 2. The molecule has 0 rings (SSSR count). The van der Waals surface area contributed by atoms with Gasteiger partial charge in [-0.3, -0.25) is 9.59 Å². The van der Waals surface area contributed by atoms with Crippen LogP contribution in [0.2, 0.25) is 0 Å². The number of nitrogens with one attached hydrogen (secondary N) is 1. The van der Waals surface area contributed by atoms with Crippen LogP contribution in [0.25, 0.3) is 0 Å². The van der Waals surface area contributed by atoms with Gasteiger partial charge in [-0.2, -0.15) is 0 Å². The third-order valence-electron chi connectivity index (χ3n) is 15.1. The van der Waals surface area contributed by atoms with E-state index in [-0.39, 0.29) is 18.5 Å². The van der Waals surface area contributed by atoms with E-state index in [4.69, 9.17) is 4.74 Å². The van der Waals surface area contributed by atoms with Crippen LogP contribution >= 0.6 is 0 Å². The van der Waals surface area contributed by atoms with E-state index in [1.165, 1.54) is 289 Å². The Balaban J connectivity index is 3.45. The minimum atomic E-state index is -0.850. The Morgan fingerprint density at radius 3 is 0.971 bits per heavy atom. The molecule has 0 saturated carbocycles. The largest absolute Gasteiger partial charge is 0.466 e. The van der Waals surface area contributed by atoms with E-state index < -0.39 is 12.1 Å². The van der Waals surface area contributed by atoms with Gasteiger partial charge in [0.05, 0.1) is 25.4 Å². The van der Waals surface area contributed by atoms with E-state index in [1.807, 2.05) is 6.08 Å². The lowest BCUT2D eigenvalue weighted by atomic mass is 10.0. The van der Waals surface area contributed by atoms with Crippen molar-refractivity contribution in [3.8, 4) is 0 Å². The second kappa shape index (κ2) is 60.2. The van der Waals surface area contributed by atoms with Gasteiger partial charge in [-0.05, 0) is 32.1 Å². The predicted molar refractivity (Wildman–Crippen MR) is 306 cm³/mol. The van der Waals surface area contributed by atoms with Crippen LogP contribution in [0.3, 0.4) is 0 Å². The molecule has 0 bridgehead atoms. The Hall–Kier alpha value is -1.40. The number of hydrogen-bond acceptors (Lipinski definition) is 5. The molecule has 2 atom stereocenters. The average Bonchev–Trinajstić information content (AvgIpc) is 3.36. The lowest BCUT2D eigenvalue weighted by Crippen LogP contribution is -2.45. The first-order valence-corrected chi connectivity index (χ1v) is 32.0. The van der Waals surface area contributed by atoms with Crippen molar-refractivity contribution in [1.82, 2.24) is 5.32 Å². The molecule has 0 aliphatic rings. The minimum Gasteiger partial charge on any atom is -0.466 e. The SMILES string of the molecule is CCCCCCCCCCCCCCCCCCCCCCCCC/C=C/C(O)C(CO)NC(=O)CCCCCCCCCCCCCCCCCCOC(=O)CCCCCCCCCCCCCC. The highest BCUT2D eigenvalue weighted by molar-refractivity contribution is 5.76. The van der Waals surface area contributed by atoms with E-state index in [0.717, 1.165) is 44.9 Å². The molecule has 1 amide bonds. The molecule has 0 spiro atoms. The van der Waals surface area contributed by atoms with Gasteiger partial charge in [0.15, 0.2) is 0 Å². The molecule has 0 aromatic carbocycles. The summed E-state index contributed by atoms with van der Waals surface area (Å²) in [5.41, 5.74) is 0. The van der Waals surface area contributed by atoms with Crippen LogP contribution in [0.5, 0.6) is 0 Å². The summed E-state index contributed by atoms with van der Waals surface area (Å²) in [6.07, 6.45) is 72.5. The summed E-state index contributed by atoms with van der Waals surface area (Å²) in [4.78, 5) is 24.5. The molecular formula is C64H125NO5. The zero-order valence-electron chi connectivity index (χ0n) is 47.5. The monoisotopic (exact) mass is 988 g/mol. The molecule has 0 heterocycles. The lowest BCUT2D eigenvalue weighted by Gasteiger charge is -2.20. The van der Waals surface area contributed by atoms with Gasteiger partial charge in [0, 0.05) is 12.8 Å². The Bertz CT molecular complexity index is 1050. The van der Waals surface area contributed by atoms with Crippen molar-refractivity contribution in [3.63, 3.8) is 0 Å². The number of esters is 1. The van der Waals surface area contributed by atoms with E-state index >= 15 is 0 Å². The van der Waals surface area contributed by atoms with E-state index in [1.54, 1.807) is 6.08 Å². The van der Waals surface area contributed by atoms with Gasteiger partial charge in [-0.15, -0.1) is 0 Å². The minimum absolute atomic E-state index is 0.00394. The fourth-order valence-corrected chi connectivity index (χ4v) is 10.2. The van der Waals surface area contributed by atoms with Crippen LogP contribution < -0.4 is 5.32 Å². The van der Waals surface area contributed by atoms with E-state index in [0.29, 0.717) is 19.4 Å². The quantitative estimate of drug-likeness (QED) is 0.0321. The summed E-state index contributed by atoms with van der Waals surface area (Å²) in [5, 5.41) is 23.2. The number of allylic oxidation sites excluding steroid dienone is 1. The fraction of sp³-hybridized carbons (Fsp3) is 0.938. The third-order valence-corrected chi connectivity index (χ3v) is 15.1. The summed E-state index contributed by atoms with van der Waals surface area (Å²) < 4.78 is 5.47. The van der Waals surface area contributed by atoms with Crippen molar-refractivity contribution in [2.24, 2.45) is 0 Å². The summed E-state index contributed by atoms with van der Waals surface area (Å²) in [6, 6.07) is -0.633. The number of carbonyl (C=O) groups is 2. The lowest BCUT2D eigenvalue weighted by molar-refractivity contribution is -0.143. The second-order valence-corrected chi connectivity index (χ2v) is 22.1. The van der Waals surface area contributed by atoms with Crippen LogP contribution in [0.1, 0.15) is 361 Å². The third kappa shape index (κ3) is 55.9. The molecule has 3 N–H and O–H groups in total. The Morgan fingerprint density at radius 2 is 0.657 bits per heavy atom. The Morgan fingerprint density at radius 1 is 0.386 bits per heavy atom. The van der Waals surface area contributed by atoms with Gasteiger partial charge in [-0.25, -0.2) is 0 Å². The van der Waals surface area contributed by atoms with Crippen molar-refractivity contribution < 1.29 is 24.5 Å². The predicted octanol–water partition coefficient (Wildman–Crippen LogP) is 20.0. The number of unbranched alkanes of at least 4 members (excludes halogenated alkanes) is 49. The van der Waals surface area contributed by atoms with Crippen molar-refractivity contribution >= 4 is 11.9 Å². The van der Waals surface area contributed by atoms with Crippen molar-refractivity contribution in [3.05, 3.63) is 12.2 Å². The van der Waals surface area contributed by atoms with Gasteiger partial charge in [0.1, 0.15) is 0 Å². The summed E-state index contributed by atoms with van der Waals surface area (Å²) in [6.45, 7) is 4.92. The smallest absolute Gasteiger partial charge is 0.305 e. The molecular weight excluding hydrogens is 863 g/mol. The molecule has 0 aliphatic carbocycles. The molecule has 0 aliphatic heterocycles. The van der Waals surface area contributed by atoms with E-state index in [2.05, 4.69) is 19.2 Å². The molecule has 0 fully saturated rings. The van der Waals surface area contributed by atoms with Gasteiger partial charge in [-0.1, -0.05) is 328 Å². The number of hydrogen-bond donors (Lipinski definition) is 3. The zero-order chi connectivity index (χ0) is 50.7. The first-order chi connectivity index (χ1) is 34.5. The molecule has 0 aromatic heterocycles. The zero-order valence-corrected chi connectivity index (χ0v) is 47.5. The number of aliphatic hydroxyl groups excluding tert-OH is 2. The van der Waals surface area contributed by atoms with Gasteiger partial charge in [0.2, 0.25) is 5.91 Å². The molecule has 0 radical (unpaired) electrons. The molecule has 0 saturated heterocycles. The summed E-state index contributed by atoms with van der Waals surface area (Å²) in [7, 11) is 0. The standard InChI is InChI=1S/C64H125NO5/c1-3-5-7-9-11-13-15-17-18-19-20-21-22-23-24-25-26-27-30-33-36-40-44-48-52-56-62(67)61(60-66)65-63(68)57-53-49-45-41-37-34-31-28-29-32-35-39-43-47-51-55-59-70-64(69)58-54-50-46-42-38-16-14-12-10-8-6-4-2/h52,56,61-62,66-67H,3-51,53-55,57-60H2,1-2H3,(H,65,68)/b56-52+. The molecule has 6 nitrogen and oxygen atoms in total. The highest BCUT2D eigenvalue weighted by atomic mass is 16.5. The van der Waals surface area contributed by atoms with Crippen LogP contribution in [0.15, 0.2) is 12.2 Å². The fourth-order valence-electron chi connectivity index (χ4n) is 10.2. The van der Waals surface area contributed by atoms with Crippen molar-refractivity contribution in [2.75, 3.05) is 13.2 Å². The summed E-state index contributed by atoms with van der Waals surface area (Å²) >= 11 is 0. The Labute approximate surface area is 438 Å². The second-order valence-electron chi connectivity index (χ2n) is 22.1. The highest BCUT2D eigenvalue weighted by Crippen LogP contribution is 2.18. The maximum absolute atomic E-state index is 12.5. The van der Waals surface area contributed by atoms with E-state index in [9.17, 15) is 19.8 Å². The van der Waals surface area contributed by atoms with Crippen LogP contribution in [-0.4, -0.2) is 47.4 Å². The van der Waals surface area contributed by atoms with Crippen LogP contribution in [-0.2, 0) is 14.3 Å². The summed E-state index contributed by atoms with van der Waals surface area (Å²) in [5.74, 6) is -0.0663. The number of carbonyl (C=O) groups excluding carboxylic acids is 2. The number of ether oxygens (including phenoxy) is 1. The van der Waals surface area contributed by atoms with Crippen LogP contribution in [0, 0.1) is 0 Å². The van der Waals surface area contributed by atoms with Crippen molar-refractivity contribution in [2.45, 2.75) is 373 Å². The normalized spacial score (nSPS) is 12.6. The van der Waals surface area contributed by atoms with Gasteiger partial charge >= 0.3 is 5.97 Å². The number of rotatable bonds is 60. The molecule has 0 aromatic rings. The Kier molecular flexibility index (Phi) is 59.0. The first kappa shape index (κ1) is 68.6. The first-order valence-electron chi connectivity index (χ1n) is 32.0. The maximum Gasteiger partial charge on any atom is 0.305 e. The maximum atomic E-state index is 12.5. The van der Waals surface area contributed by atoms with Gasteiger partial charge in [0.25, 0.3) is 0 Å². The molecule has 70 heavy (non-hydrogen) atoms. The highest BCUT2D eigenvalue weighted by Gasteiger charge is 2.18.